The van der Waals surface area contributed by atoms with Crippen LogP contribution in [0.3, 0.4) is 0 Å². The molecule has 1 aliphatic rings. The molecule has 0 saturated carbocycles. The smallest absolute Gasteiger partial charge is 0.416 e. The second kappa shape index (κ2) is 5.32. The number of ether oxygens (including phenoxy) is 1. The Morgan fingerprint density at radius 1 is 1.50 bits per heavy atom. The number of fused-ring (bicyclic) bond motifs is 1. The molecule has 0 aliphatic carbocycles. The van der Waals surface area contributed by atoms with Crippen molar-refractivity contribution in [1.29, 1.82) is 0 Å². The van der Waals surface area contributed by atoms with Crippen LogP contribution in [0.15, 0.2) is 18.2 Å². The molecule has 2 N–H and O–H groups in total. The molecule has 0 saturated heterocycles. The zero-order valence-corrected chi connectivity index (χ0v) is 10.9. The Kier molecular flexibility index (Phi) is 3.89. The highest BCUT2D eigenvalue weighted by atomic mass is 19.4. The lowest BCUT2D eigenvalue weighted by Gasteiger charge is -2.32. The molecule has 0 bridgehead atoms. The molecule has 1 aromatic rings. The molecule has 0 fully saturated rings. The number of hydrogen-bond acceptors (Lipinski definition) is 3. The number of hydrogen-bond donors (Lipinski definition) is 1. The molecule has 7 heteroatoms. The SMILES string of the molecule is CCOC(=O)N1CCC(N)c2cc(C(F)(F)F)ccc21. The second-order valence-electron chi connectivity index (χ2n) is 4.52. The first-order chi connectivity index (χ1) is 9.34. The van der Waals surface area contributed by atoms with E-state index in [-0.39, 0.29) is 6.61 Å². The fourth-order valence-electron chi connectivity index (χ4n) is 2.21. The monoisotopic (exact) mass is 288 g/mol. The molecule has 2 rings (SSSR count). The standard InChI is InChI=1S/C13H15F3N2O2/c1-2-20-12(19)18-6-5-10(17)9-7-8(13(14,15)16)3-4-11(9)18/h3-4,7,10H,2,5-6,17H2,1H3. The number of nitrogens with zero attached hydrogens (tertiary/aromatic N) is 1. The van der Waals surface area contributed by atoms with Gasteiger partial charge in [-0.25, -0.2) is 4.79 Å². The first-order valence-electron chi connectivity index (χ1n) is 6.25. The van der Waals surface area contributed by atoms with E-state index in [2.05, 4.69) is 0 Å². The normalized spacial score (nSPS) is 18.6. The predicted molar refractivity (Wildman–Crippen MR) is 67.4 cm³/mol. The van der Waals surface area contributed by atoms with E-state index in [0.29, 0.717) is 24.2 Å². The maximum atomic E-state index is 12.7. The van der Waals surface area contributed by atoms with Crippen LogP contribution in [-0.4, -0.2) is 19.2 Å². The van der Waals surface area contributed by atoms with Crippen molar-refractivity contribution in [1.82, 2.24) is 0 Å². The number of benzene rings is 1. The van der Waals surface area contributed by atoms with Gasteiger partial charge >= 0.3 is 12.3 Å². The molecular weight excluding hydrogens is 273 g/mol. The minimum Gasteiger partial charge on any atom is -0.449 e. The molecule has 1 aliphatic heterocycles. The molecule has 1 aromatic carbocycles. The summed E-state index contributed by atoms with van der Waals surface area (Å²) in [5, 5.41) is 0. The van der Waals surface area contributed by atoms with Gasteiger partial charge in [0, 0.05) is 12.6 Å². The molecule has 20 heavy (non-hydrogen) atoms. The quantitative estimate of drug-likeness (QED) is 0.864. The number of anilines is 1. The zero-order chi connectivity index (χ0) is 14.9. The van der Waals surface area contributed by atoms with Crippen molar-refractivity contribution in [3.63, 3.8) is 0 Å². The first-order valence-corrected chi connectivity index (χ1v) is 6.25. The molecule has 0 radical (unpaired) electrons. The van der Waals surface area contributed by atoms with Crippen LogP contribution in [0.2, 0.25) is 0 Å². The topological polar surface area (TPSA) is 55.6 Å². The van der Waals surface area contributed by atoms with E-state index < -0.39 is 23.9 Å². The van der Waals surface area contributed by atoms with Gasteiger partial charge in [-0.1, -0.05) is 0 Å². The fourth-order valence-corrected chi connectivity index (χ4v) is 2.21. The summed E-state index contributed by atoms with van der Waals surface area (Å²) in [5.41, 5.74) is 5.79. The molecule has 1 unspecified atom stereocenters. The van der Waals surface area contributed by atoms with Crippen molar-refractivity contribution in [2.24, 2.45) is 5.73 Å². The first kappa shape index (κ1) is 14.6. The Hall–Kier alpha value is -1.76. The van der Waals surface area contributed by atoms with Crippen molar-refractivity contribution in [3.05, 3.63) is 29.3 Å². The Labute approximate surface area is 114 Å². The largest absolute Gasteiger partial charge is 0.449 e. The van der Waals surface area contributed by atoms with Crippen LogP contribution in [0.25, 0.3) is 0 Å². The molecule has 1 heterocycles. The summed E-state index contributed by atoms with van der Waals surface area (Å²) in [6.07, 6.45) is -4.60. The zero-order valence-electron chi connectivity index (χ0n) is 10.9. The summed E-state index contributed by atoms with van der Waals surface area (Å²) in [4.78, 5) is 13.1. The van der Waals surface area contributed by atoms with Crippen LogP contribution >= 0.6 is 0 Å². The highest BCUT2D eigenvalue weighted by Crippen LogP contribution is 2.38. The van der Waals surface area contributed by atoms with Gasteiger partial charge in [-0.3, -0.25) is 4.90 Å². The van der Waals surface area contributed by atoms with E-state index >= 15 is 0 Å². The highest BCUT2D eigenvalue weighted by molar-refractivity contribution is 5.89. The fraction of sp³-hybridized carbons (Fsp3) is 0.462. The minimum atomic E-state index is -4.43. The highest BCUT2D eigenvalue weighted by Gasteiger charge is 2.34. The summed E-state index contributed by atoms with van der Waals surface area (Å²) in [6.45, 7) is 2.21. The second-order valence-corrected chi connectivity index (χ2v) is 4.52. The summed E-state index contributed by atoms with van der Waals surface area (Å²) < 4.78 is 43.0. The van der Waals surface area contributed by atoms with Crippen molar-refractivity contribution >= 4 is 11.8 Å². The van der Waals surface area contributed by atoms with Crippen LogP contribution in [-0.2, 0) is 10.9 Å². The van der Waals surface area contributed by atoms with E-state index in [1.807, 2.05) is 0 Å². The van der Waals surface area contributed by atoms with Gasteiger partial charge in [-0.2, -0.15) is 13.2 Å². The van der Waals surface area contributed by atoms with Gasteiger partial charge in [0.2, 0.25) is 0 Å². The third-order valence-electron chi connectivity index (χ3n) is 3.20. The van der Waals surface area contributed by atoms with Crippen LogP contribution in [0.5, 0.6) is 0 Å². The number of rotatable bonds is 1. The van der Waals surface area contributed by atoms with E-state index in [1.54, 1.807) is 6.92 Å². The number of carbonyl (C=O) groups excluding carboxylic acids is 1. The van der Waals surface area contributed by atoms with Gasteiger partial charge in [0.1, 0.15) is 0 Å². The predicted octanol–water partition coefficient (Wildman–Crippen LogP) is 3.07. The van der Waals surface area contributed by atoms with Crippen molar-refractivity contribution in [3.8, 4) is 0 Å². The third-order valence-corrected chi connectivity index (χ3v) is 3.20. The van der Waals surface area contributed by atoms with E-state index in [0.717, 1.165) is 12.1 Å². The van der Waals surface area contributed by atoms with Crippen LogP contribution in [0.1, 0.15) is 30.5 Å². The van der Waals surface area contributed by atoms with Gasteiger partial charge in [-0.05, 0) is 37.1 Å². The molecule has 110 valence electrons. The molecular formula is C13H15F3N2O2. The van der Waals surface area contributed by atoms with Gasteiger partial charge in [0.05, 0.1) is 17.9 Å². The Bertz CT molecular complexity index is 517. The van der Waals surface area contributed by atoms with E-state index in [9.17, 15) is 18.0 Å². The van der Waals surface area contributed by atoms with Crippen molar-refractivity contribution < 1.29 is 22.7 Å². The Balaban J connectivity index is 2.41. The number of alkyl halides is 3. The maximum Gasteiger partial charge on any atom is 0.416 e. The number of carbonyl (C=O) groups is 1. The Morgan fingerprint density at radius 2 is 2.20 bits per heavy atom. The van der Waals surface area contributed by atoms with Crippen LogP contribution in [0.4, 0.5) is 23.7 Å². The number of amides is 1. The third kappa shape index (κ3) is 2.72. The van der Waals surface area contributed by atoms with Gasteiger partial charge in [0.15, 0.2) is 0 Å². The number of nitrogens with two attached hydrogens (primary N) is 1. The minimum absolute atomic E-state index is 0.206. The maximum absolute atomic E-state index is 12.7. The van der Waals surface area contributed by atoms with Gasteiger partial charge in [-0.15, -0.1) is 0 Å². The summed E-state index contributed by atoms with van der Waals surface area (Å²) >= 11 is 0. The van der Waals surface area contributed by atoms with Crippen molar-refractivity contribution in [2.75, 3.05) is 18.1 Å². The lowest BCUT2D eigenvalue weighted by atomic mass is 9.95. The van der Waals surface area contributed by atoms with Crippen molar-refractivity contribution in [2.45, 2.75) is 25.6 Å². The molecule has 4 nitrogen and oxygen atoms in total. The summed E-state index contributed by atoms with van der Waals surface area (Å²) in [7, 11) is 0. The average molecular weight is 288 g/mol. The summed E-state index contributed by atoms with van der Waals surface area (Å²) in [5.74, 6) is 0. The lowest BCUT2D eigenvalue weighted by Crippen LogP contribution is -2.38. The van der Waals surface area contributed by atoms with Gasteiger partial charge in [0.25, 0.3) is 0 Å². The Morgan fingerprint density at radius 3 is 2.80 bits per heavy atom. The molecule has 0 aromatic heterocycles. The molecule has 1 atom stereocenters. The van der Waals surface area contributed by atoms with Crippen LogP contribution < -0.4 is 10.6 Å². The number of halogens is 3. The van der Waals surface area contributed by atoms with E-state index in [4.69, 9.17) is 10.5 Å². The summed E-state index contributed by atoms with van der Waals surface area (Å²) in [6, 6.07) is 2.71. The molecule has 0 spiro atoms. The lowest BCUT2D eigenvalue weighted by molar-refractivity contribution is -0.137. The molecule has 1 amide bonds. The van der Waals surface area contributed by atoms with Crippen LogP contribution in [0, 0.1) is 0 Å². The van der Waals surface area contributed by atoms with Gasteiger partial charge < -0.3 is 10.5 Å². The van der Waals surface area contributed by atoms with E-state index in [1.165, 1.54) is 11.0 Å². The average Bonchev–Trinajstić information content (AvgIpc) is 2.38.